The lowest BCUT2D eigenvalue weighted by molar-refractivity contribution is -0.123. The maximum absolute atomic E-state index is 12.7. The first-order valence-electron chi connectivity index (χ1n) is 12.1. The first kappa shape index (κ1) is 26.8. The lowest BCUT2D eigenvalue weighted by Crippen LogP contribution is -2.39. The molecule has 1 aromatic heterocycles. The number of carbonyl (C=O) groups is 1. The van der Waals surface area contributed by atoms with Gasteiger partial charge in [0.1, 0.15) is 18.0 Å². The number of hydrogen-bond donors (Lipinski definition) is 3. The minimum Gasteiger partial charge on any atom is -0.508 e. The summed E-state index contributed by atoms with van der Waals surface area (Å²) in [6.07, 6.45) is -1.49. The van der Waals surface area contributed by atoms with E-state index in [2.05, 4.69) is 28.9 Å². The zero-order valence-corrected chi connectivity index (χ0v) is 20.6. The Morgan fingerprint density at radius 2 is 1.74 bits per heavy atom. The van der Waals surface area contributed by atoms with Gasteiger partial charge in [-0.2, -0.15) is 13.2 Å². The zero-order valence-electron chi connectivity index (χ0n) is 20.6. The van der Waals surface area contributed by atoms with E-state index in [9.17, 15) is 28.2 Å². The van der Waals surface area contributed by atoms with Crippen LogP contribution < -0.4 is 5.32 Å². The highest BCUT2D eigenvalue weighted by molar-refractivity contribution is 5.91. The van der Waals surface area contributed by atoms with Crippen molar-refractivity contribution in [3.05, 3.63) is 23.5 Å². The molecule has 0 radical (unpaired) electrons. The number of nitrogens with zero attached hydrogens (tertiary/aromatic N) is 4. The molecule has 0 aliphatic heterocycles. The van der Waals surface area contributed by atoms with E-state index in [1.165, 1.54) is 6.07 Å². The molecule has 1 amide bonds. The second-order valence-corrected chi connectivity index (χ2v) is 9.28. The largest absolute Gasteiger partial charge is 0.508 e. The normalized spacial score (nSPS) is 18.9. The second-order valence-electron chi connectivity index (χ2n) is 9.28. The molecule has 194 valence electrons. The summed E-state index contributed by atoms with van der Waals surface area (Å²) >= 11 is 0. The van der Waals surface area contributed by atoms with Gasteiger partial charge in [-0.3, -0.25) is 9.36 Å². The number of halogens is 3. The number of benzene rings is 1. The molecule has 0 saturated heterocycles. The molecule has 0 spiro atoms. The highest BCUT2D eigenvalue weighted by atomic mass is 19.4. The lowest BCUT2D eigenvalue weighted by Gasteiger charge is -2.36. The summed E-state index contributed by atoms with van der Waals surface area (Å²) in [7, 11) is 0. The summed E-state index contributed by atoms with van der Waals surface area (Å²) in [6.45, 7) is 8.34. The fourth-order valence-corrected chi connectivity index (χ4v) is 4.89. The van der Waals surface area contributed by atoms with Crippen molar-refractivity contribution in [2.75, 3.05) is 19.6 Å². The van der Waals surface area contributed by atoms with E-state index in [-0.39, 0.29) is 40.7 Å². The predicted octanol–water partition coefficient (Wildman–Crippen LogP) is 4.60. The minimum atomic E-state index is -4.56. The van der Waals surface area contributed by atoms with E-state index >= 15 is 0 Å². The Hall–Kier alpha value is -2.82. The van der Waals surface area contributed by atoms with Gasteiger partial charge in [0.05, 0.1) is 5.56 Å². The Balaban J connectivity index is 2.03. The summed E-state index contributed by atoms with van der Waals surface area (Å²) in [5, 5.41) is 30.8. The number of amides is 1. The number of rotatable bonds is 8. The van der Waals surface area contributed by atoms with Gasteiger partial charge in [0.15, 0.2) is 5.82 Å². The first-order chi connectivity index (χ1) is 16.5. The number of aromatic hydroxyl groups is 2. The summed E-state index contributed by atoms with van der Waals surface area (Å²) in [5.41, 5.74) is 0.834. The average Bonchev–Trinajstić information content (AvgIpc) is 3.23. The number of carbonyl (C=O) groups excluding carboxylic acids is 1. The fourth-order valence-electron chi connectivity index (χ4n) is 4.89. The highest BCUT2D eigenvalue weighted by Gasteiger charge is 2.34. The minimum absolute atomic E-state index is 0.0650. The van der Waals surface area contributed by atoms with Crippen LogP contribution in [0.5, 0.6) is 11.5 Å². The van der Waals surface area contributed by atoms with E-state index in [1.807, 2.05) is 19.2 Å². The van der Waals surface area contributed by atoms with Crippen molar-refractivity contribution in [2.24, 2.45) is 0 Å². The second kappa shape index (κ2) is 10.8. The molecule has 1 aromatic carbocycles. The van der Waals surface area contributed by atoms with Crippen molar-refractivity contribution in [1.29, 1.82) is 0 Å². The lowest BCUT2D eigenvalue weighted by atomic mass is 9.89. The molecule has 3 rings (SSSR count). The van der Waals surface area contributed by atoms with Crippen LogP contribution in [0, 0.1) is 0 Å². The molecule has 0 bridgehead atoms. The molecule has 1 aliphatic carbocycles. The number of nitrogens with one attached hydrogen (secondary N) is 1. The first-order valence-corrected chi connectivity index (χ1v) is 12.1. The zero-order chi connectivity index (χ0) is 25.9. The molecule has 1 heterocycles. The molecule has 0 atom stereocenters. The van der Waals surface area contributed by atoms with Gasteiger partial charge in [0.2, 0.25) is 5.82 Å². The molecule has 11 heteroatoms. The van der Waals surface area contributed by atoms with Crippen molar-refractivity contribution in [1.82, 2.24) is 25.0 Å². The van der Waals surface area contributed by atoms with Crippen LogP contribution in [0.15, 0.2) is 12.1 Å². The van der Waals surface area contributed by atoms with Gasteiger partial charge in [-0.25, -0.2) is 0 Å². The number of phenols is 2. The van der Waals surface area contributed by atoms with E-state index in [0.29, 0.717) is 24.4 Å². The Bertz CT molecular complexity index is 1030. The van der Waals surface area contributed by atoms with Crippen LogP contribution in [0.4, 0.5) is 13.2 Å². The van der Waals surface area contributed by atoms with Gasteiger partial charge in [-0.1, -0.05) is 27.7 Å². The van der Waals surface area contributed by atoms with E-state index < -0.39 is 18.6 Å². The van der Waals surface area contributed by atoms with Crippen LogP contribution in [0.1, 0.15) is 81.5 Å². The molecule has 2 aromatic rings. The van der Waals surface area contributed by atoms with Gasteiger partial charge in [-0.05, 0) is 56.3 Å². The Kier molecular flexibility index (Phi) is 8.30. The van der Waals surface area contributed by atoms with Crippen LogP contribution in [0.25, 0.3) is 11.4 Å². The molecular weight excluding hydrogens is 463 g/mol. The van der Waals surface area contributed by atoms with E-state index in [1.54, 1.807) is 10.6 Å². The summed E-state index contributed by atoms with van der Waals surface area (Å²) < 4.78 is 39.8. The van der Waals surface area contributed by atoms with Gasteiger partial charge < -0.3 is 20.4 Å². The average molecular weight is 498 g/mol. The van der Waals surface area contributed by atoms with Gasteiger partial charge in [0.25, 0.3) is 5.91 Å². The quantitative estimate of drug-likeness (QED) is 0.493. The smallest absolute Gasteiger partial charge is 0.405 e. The maximum atomic E-state index is 12.7. The monoisotopic (exact) mass is 497 g/mol. The van der Waals surface area contributed by atoms with Crippen LogP contribution in [0.3, 0.4) is 0 Å². The number of hydrogen-bond acceptors (Lipinski definition) is 6. The third kappa shape index (κ3) is 6.06. The van der Waals surface area contributed by atoms with Crippen molar-refractivity contribution in [3.63, 3.8) is 0 Å². The number of phenolic OH excluding ortho intramolecular Hbond substituents is 2. The van der Waals surface area contributed by atoms with Crippen molar-refractivity contribution < 1.29 is 28.2 Å². The molecule has 0 unspecified atom stereocenters. The van der Waals surface area contributed by atoms with Gasteiger partial charge >= 0.3 is 6.18 Å². The van der Waals surface area contributed by atoms with Crippen LogP contribution in [-0.4, -0.2) is 67.6 Å². The standard InChI is InChI=1S/C24H34F3N5O3/c1-5-31(6-2)15-7-9-16(10-8-15)32-21(18-11-17(14(3)4)19(33)12-20(18)34)29-30-22(32)23(35)28-13-24(25,26)27/h11-12,14-16,33-34H,5-10,13H2,1-4H3,(H,28,35). The molecule has 3 N–H and O–H groups in total. The Morgan fingerprint density at radius 3 is 2.29 bits per heavy atom. The van der Waals surface area contributed by atoms with Crippen molar-refractivity contribution in [2.45, 2.75) is 77.6 Å². The molecular formula is C24H34F3N5O3. The number of aromatic nitrogens is 3. The third-order valence-corrected chi connectivity index (χ3v) is 6.72. The third-order valence-electron chi connectivity index (χ3n) is 6.72. The topological polar surface area (TPSA) is 104 Å². The van der Waals surface area contributed by atoms with Crippen molar-refractivity contribution in [3.8, 4) is 22.9 Å². The van der Waals surface area contributed by atoms with Gasteiger partial charge in [0, 0.05) is 18.2 Å². The van der Waals surface area contributed by atoms with Gasteiger partial charge in [-0.15, -0.1) is 10.2 Å². The fraction of sp³-hybridized carbons (Fsp3) is 0.625. The number of alkyl halides is 3. The summed E-state index contributed by atoms with van der Waals surface area (Å²) in [4.78, 5) is 15.1. The summed E-state index contributed by atoms with van der Waals surface area (Å²) in [5.74, 6) is -1.41. The van der Waals surface area contributed by atoms with Crippen LogP contribution >= 0.6 is 0 Å². The molecule has 1 aliphatic rings. The van der Waals surface area contributed by atoms with E-state index in [0.717, 1.165) is 25.9 Å². The van der Waals surface area contributed by atoms with E-state index in [4.69, 9.17) is 0 Å². The molecule has 1 saturated carbocycles. The predicted molar refractivity (Wildman–Crippen MR) is 125 cm³/mol. The molecule has 1 fully saturated rings. The van der Waals surface area contributed by atoms with Crippen molar-refractivity contribution >= 4 is 5.91 Å². The summed E-state index contributed by atoms with van der Waals surface area (Å²) in [6, 6.07) is 2.96. The Labute approximate surface area is 203 Å². The SMILES string of the molecule is CCN(CC)C1CCC(n2c(C(=O)NCC(F)(F)F)nnc2-c2cc(C(C)C)c(O)cc2O)CC1. The van der Waals surface area contributed by atoms with Crippen LogP contribution in [0.2, 0.25) is 0 Å². The van der Waals surface area contributed by atoms with Crippen LogP contribution in [-0.2, 0) is 0 Å². The highest BCUT2D eigenvalue weighted by Crippen LogP contribution is 2.40. The molecule has 8 nitrogen and oxygen atoms in total. The Morgan fingerprint density at radius 1 is 1.11 bits per heavy atom. The molecule has 35 heavy (non-hydrogen) atoms. The maximum Gasteiger partial charge on any atom is 0.405 e.